The molecule has 0 bridgehead atoms. The molecule has 0 aliphatic heterocycles. The highest BCUT2D eigenvalue weighted by molar-refractivity contribution is 6.97. The fourth-order valence-electron chi connectivity index (χ4n) is 7.86. The SMILES string of the molecule is CCc1c(C)cc(C)c(B(c2c(C)cc(C)c(-c3cccnc3)c2C)c2c(C)cc(C)c(-c3cccnc3)c2C)c1C. The zero-order chi connectivity index (χ0) is 30.3. The van der Waals surface area contributed by atoms with Crippen LogP contribution < -0.4 is 16.4 Å². The molecule has 3 aromatic carbocycles. The Bertz CT molecular complexity index is 1690. The van der Waals surface area contributed by atoms with Crippen molar-refractivity contribution < 1.29 is 0 Å². The van der Waals surface area contributed by atoms with E-state index in [0.717, 1.165) is 6.42 Å². The first-order valence-electron chi connectivity index (χ1n) is 15.2. The molecule has 5 aromatic rings. The molecule has 0 radical (unpaired) electrons. The van der Waals surface area contributed by atoms with Gasteiger partial charge in [0.15, 0.2) is 0 Å². The van der Waals surface area contributed by atoms with Crippen molar-refractivity contribution in [2.75, 3.05) is 0 Å². The lowest BCUT2D eigenvalue weighted by molar-refractivity contribution is 1.08. The van der Waals surface area contributed by atoms with Gasteiger partial charge in [-0.2, -0.15) is 0 Å². The van der Waals surface area contributed by atoms with Crippen molar-refractivity contribution in [3.05, 3.63) is 123 Å². The van der Waals surface area contributed by atoms with Gasteiger partial charge < -0.3 is 0 Å². The summed E-state index contributed by atoms with van der Waals surface area (Å²) in [5.41, 5.74) is 22.7. The lowest BCUT2D eigenvalue weighted by Gasteiger charge is -2.30. The van der Waals surface area contributed by atoms with E-state index in [0.29, 0.717) is 0 Å². The average molecular weight is 551 g/mol. The number of aryl methyl sites for hydroxylation is 6. The van der Waals surface area contributed by atoms with Crippen LogP contribution in [0.4, 0.5) is 0 Å². The van der Waals surface area contributed by atoms with E-state index in [-0.39, 0.29) is 6.71 Å². The monoisotopic (exact) mass is 550 g/mol. The van der Waals surface area contributed by atoms with Gasteiger partial charge in [-0.05, 0) is 125 Å². The maximum absolute atomic E-state index is 4.49. The molecule has 0 saturated heterocycles. The maximum Gasteiger partial charge on any atom is 0.243 e. The molecule has 0 saturated carbocycles. The molecule has 42 heavy (non-hydrogen) atoms. The van der Waals surface area contributed by atoms with Gasteiger partial charge in [0, 0.05) is 35.9 Å². The topological polar surface area (TPSA) is 25.8 Å². The summed E-state index contributed by atoms with van der Waals surface area (Å²) in [6, 6.07) is 15.7. The fourth-order valence-corrected chi connectivity index (χ4v) is 7.86. The van der Waals surface area contributed by atoms with Crippen molar-refractivity contribution in [1.82, 2.24) is 9.97 Å². The number of nitrogens with zero attached hydrogens (tertiary/aromatic N) is 2. The number of hydrogen-bond donors (Lipinski definition) is 0. The van der Waals surface area contributed by atoms with Crippen LogP contribution in [0.15, 0.2) is 67.3 Å². The highest BCUT2D eigenvalue weighted by Crippen LogP contribution is 2.31. The third kappa shape index (κ3) is 5.00. The Balaban J connectivity index is 1.95. The van der Waals surface area contributed by atoms with E-state index in [1.165, 1.54) is 94.3 Å². The predicted molar refractivity (Wildman–Crippen MR) is 182 cm³/mol. The smallest absolute Gasteiger partial charge is 0.243 e. The van der Waals surface area contributed by atoms with Gasteiger partial charge >= 0.3 is 0 Å². The van der Waals surface area contributed by atoms with Crippen molar-refractivity contribution in [3.63, 3.8) is 0 Å². The lowest BCUT2D eigenvalue weighted by atomic mass is 9.32. The number of rotatable bonds is 6. The Morgan fingerprint density at radius 3 is 1.31 bits per heavy atom. The standard InChI is InChI=1S/C39H43BN2/c1-11-34-23(2)18-26(5)37(29(34)8)40(38-27(6)19-24(3)35(30(38)9)32-14-12-16-41-21-32)39-28(7)20-25(4)36(31(39)10)33-15-13-17-42-22-33/h12-22H,11H2,1-10H3. The molecule has 5 rings (SSSR count). The molecule has 0 aliphatic carbocycles. The Labute approximate surface area is 253 Å². The fraction of sp³-hybridized carbons (Fsp3) is 0.282. The van der Waals surface area contributed by atoms with Crippen LogP contribution in [0, 0.1) is 62.3 Å². The van der Waals surface area contributed by atoms with Crippen LogP contribution in [0.5, 0.6) is 0 Å². The van der Waals surface area contributed by atoms with Gasteiger partial charge in [-0.25, -0.2) is 0 Å². The lowest BCUT2D eigenvalue weighted by Crippen LogP contribution is -2.58. The van der Waals surface area contributed by atoms with Crippen LogP contribution in [0.1, 0.15) is 62.6 Å². The number of benzene rings is 3. The van der Waals surface area contributed by atoms with Gasteiger partial charge in [-0.15, -0.1) is 0 Å². The predicted octanol–water partition coefficient (Wildman–Crippen LogP) is 7.66. The van der Waals surface area contributed by atoms with Gasteiger partial charge in [0.05, 0.1) is 0 Å². The number of hydrogen-bond acceptors (Lipinski definition) is 2. The highest BCUT2D eigenvalue weighted by atomic mass is 14.6. The maximum atomic E-state index is 4.49. The molecule has 0 amide bonds. The third-order valence-corrected chi connectivity index (χ3v) is 9.37. The van der Waals surface area contributed by atoms with Crippen LogP contribution in [-0.4, -0.2) is 16.7 Å². The third-order valence-electron chi connectivity index (χ3n) is 9.37. The second-order valence-electron chi connectivity index (χ2n) is 12.1. The summed E-state index contributed by atoms with van der Waals surface area (Å²) in [7, 11) is 0. The molecule has 2 nitrogen and oxygen atoms in total. The largest absolute Gasteiger partial charge is 0.264 e. The summed E-state index contributed by atoms with van der Waals surface area (Å²) in [5.74, 6) is 0. The van der Waals surface area contributed by atoms with Gasteiger partial charge in [0.25, 0.3) is 0 Å². The molecule has 212 valence electrons. The van der Waals surface area contributed by atoms with E-state index >= 15 is 0 Å². The van der Waals surface area contributed by atoms with Gasteiger partial charge in [0.1, 0.15) is 0 Å². The van der Waals surface area contributed by atoms with Gasteiger partial charge in [0.2, 0.25) is 6.71 Å². The minimum atomic E-state index is 0.0861. The van der Waals surface area contributed by atoms with Gasteiger partial charge in [-0.1, -0.05) is 75.9 Å². The first-order chi connectivity index (χ1) is 20.1. The molecule has 0 unspecified atom stereocenters. The van der Waals surface area contributed by atoms with Gasteiger partial charge in [-0.3, -0.25) is 9.97 Å². The van der Waals surface area contributed by atoms with E-state index in [2.05, 4.69) is 110 Å². The van der Waals surface area contributed by atoms with E-state index in [1.54, 1.807) is 0 Å². The molecule has 0 fully saturated rings. The minimum Gasteiger partial charge on any atom is -0.264 e. The van der Waals surface area contributed by atoms with E-state index in [9.17, 15) is 0 Å². The first-order valence-corrected chi connectivity index (χ1v) is 15.2. The van der Waals surface area contributed by atoms with Crippen LogP contribution in [0.25, 0.3) is 22.3 Å². The van der Waals surface area contributed by atoms with Crippen molar-refractivity contribution in [1.29, 1.82) is 0 Å². The summed E-state index contributed by atoms with van der Waals surface area (Å²) in [6.07, 6.45) is 8.75. The van der Waals surface area contributed by atoms with Crippen molar-refractivity contribution in [2.24, 2.45) is 0 Å². The van der Waals surface area contributed by atoms with Crippen LogP contribution in [0.2, 0.25) is 0 Å². The zero-order valence-electron chi connectivity index (χ0n) is 27.0. The van der Waals surface area contributed by atoms with Crippen LogP contribution in [0.3, 0.4) is 0 Å². The number of aromatic nitrogens is 2. The molecule has 2 heterocycles. The normalized spacial score (nSPS) is 11.2. The molecular formula is C39H43BN2. The molecule has 0 N–H and O–H groups in total. The van der Waals surface area contributed by atoms with E-state index in [1.807, 2.05) is 36.9 Å². The quantitative estimate of drug-likeness (QED) is 0.203. The molecule has 0 spiro atoms. The van der Waals surface area contributed by atoms with Crippen molar-refractivity contribution in [3.8, 4) is 22.3 Å². The Kier molecular flexibility index (Phi) is 8.24. The van der Waals surface area contributed by atoms with E-state index in [4.69, 9.17) is 0 Å². The second kappa shape index (κ2) is 11.7. The second-order valence-corrected chi connectivity index (χ2v) is 12.1. The average Bonchev–Trinajstić information content (AvgIpc) is 2.93. The molecule has 2 aromatic heterocycles. The molecule has 0 atom stereocenters. The number of pyridine rings is 2. The molecule has 0 aliphatic rings. The molecular weight excluding hydrogens is 507 g/mol. The van der Waals surface area contributed by atoms with Crippen LogP contribution >= 0.6 is 0 Å². The summed E-state index contributed by atoms with van der Waals surface area (Å²) >= 11 is 0. The first kappa shape index (κ1) is 29.5. The Morgan fingerprint density at radius 1 is 0.524 bits per heavy atom. The summed E-state index contributed by atoms with van der Waals surface area (Å²) in [4.78, 5) is 8.99. The Morgan fingerprint density at radius 2 is 0.929 bits per heavy atom. The van der Waals surface area contributed by atoms with E-state index < -0.39 is 0 Å². The zero-order valence-corrected chi connectivity index (χ0v) is 27.0. The highest BCUT2D eigenvalue weighted by Gasteiger charge is 2.33. The summed E-state index contributed by atoms with van der Waals surface area (Å²) < 4.78 is 0. The minimum absolute atomic E-state index is 0.0861. The summed E-state index contributed by atoms with van der Waals surface area (Å²) in [5, 5.41) is 0. The summed E-state index contributed by atoms with van der Waals surface area (Å²) in [6.45, 7) is 23.0. The van der Waals surface area contributed by atoms with Crippen LogP contribution in [-0.2, 0) is 6.42 Å². The van der Waals surface area contributed by atoms with Crippen molar-refractivity contribution >= 4 is 23.1 Å². The van der Waals surface area contributed by atoms with Crippen molar-refractivity contribution in [2.45, 2.75) is 75.7 Å². The molecule has 3 heteroatoms. The Hall–Kier alpha value is -3.98.